The number of aromatic nitrogens is 2. The Kier molecular flexibility index (Phi) is 3.98. The quantitative estimate of drug-likeness (QED) is 0.653. The predicted molar refractivity (Wildman–Crippen MR) is 88.4 cm³/mol. The van der Waals surface area contributed by atoms with E-state index < -0.39 is 0 Å². The second-order valence-corrected chi connectivity index (χ2v) is 5.13. The number of nitriles is 1. The van der Waals surface area contributed by atoms with Crippen molar-refractivity contribution in [1.29, 1.82) is 5.26 Å². The third kappa shape index (κ3) is 3.01. The van der Waals surface area contributed by atoms with Gasteiger partial charge >= 0.3 is 0 Å². The third-order valence-electron chi connectivity index (χ3n) is 3.52. The zero-order valence-electron chi connectivity index (χ0n) is 12.9. The Labute approximate surface area is 134 Å². The molecule has 0 bridgehead atoms. The maximum atomic E-state index is 8.88. The lowest BCUT2D eigenvalue weighted by atomic mass is 10.2. The van der Waals surface area contributed by atoms with Gasteiger partial charge in [0.1, 0.15) is 5.69 Å². The molecule has 2 aromatic carbocycles. The zero-order chi connectivity index (χ0) is 16.2. The second kappa shape index (κ2) is 6.24. The van der Waals surface area contributed by atoms with Crippen molar-refractivity contribution in [2.75, 3.05) is 0 Å². The lowest BCUT2D eigenvalue weighted by Gasteiger charge is -2.03. The van der Waals surface area contributed by atoms with Gasteiger partial charge in [-0.25, -0.2) is 4.68 Å². The van der Waals surface area contributed by atoms with Crippen LogP contribution in [0.4, 0.5) is 11.4 Å². The molecule has 0 fully saturated rings. The molecule has 1 aromatic heterocycles. The van der Waals surface area contributed by atoms with Crippen molar-refractivity contribution in [2.45, 2.75) is 13.8 Å². The van der Waals surface area contributed by atoms with Crippen LogP contribution in [0.2, 0.25) is 0 Å². The minimum absolute atomic E-state index is 0.624. The molecule has 23 heavy (non-hydrogen) atoms. The van der Waals surface area contributed by atoms with Crippen LogP contribution in [0.5, 0.6) is 0 Å². The second-order valence-electron chi connectivity index (χ2n) is 5.13. The molecule has 5 heteroatoms. The van der Waals surface area contributed by atoms with Crippen LogP contribution in [-0.2, 0) is 0 Å². The summed E-state index contributed by atoms with van der Waals surface area (Å²) in [6, 6.07) is 19.0. The van der Waals surface area contributed by atoms with Crippen LogP contribution in [0.15, 0.2) is 64.8 Å². The first-order chi connectivity index (χ1) is 11.2. The Morgan fingerprint density at radius 2 is 1.65 bits per heavy atom. The summed E-state index contributed by atoms with van der Waals surface area (Å²) >= 11 is 0. The van der Waals surface area contributed by atoms with E-state index in [0.717, 1.165) is 28.5 Å². The fourth-order valence-electron chi connectivity index (χ4n) is 2.31. The first-order valence-electron chi connectivity index (χ1n) is 7.22. The minimum atomic E-state index is 0.624. The van der Waals surface area contributed by atoms with Gasteiger partial charge in [0, 0.05) is 0 Å². The summed E-state index contributed by atoms with van der Waals surface area (Å²) in [6.07, 6.45) is 0. The maximum absolute atomic E-state index is 8.88. The Morgan fingerprint density at radius 3 is 2.30 bits per heavy atom. The van der Waals surface area contributed by atoms with Gasteiger partial charge in [-0.2, -0.15) is 15.5 Å². The largest absolute Gasteiger partial charge is 0.236 e. The molecule has 0 atom stereocenters. The van der Waals surface area contributed by atoms with Gasteiger partial charge in [-0.3, -0.25) is 0 Å². The third-order valence-corrected chi connectivity index (χ3v) is 3.52. The standard InChI is InChI=1S/C18H15N5/c1-13-18(21-20-16-6-4-3-5-7-16)14(2)23(22-13)17-10-8-15(12-19)9-11-17/h3-11H,1-2H3. The van der Waals surface area contributed by atoms with E-state index in [1.807, 2.05) is 61.0 Å². The molecular formula is C18H15N5. The van der Waals surface area contributed by atoms with Gasteiger partial charge in [-0.1, -0.05) is 18.2 Å². The summed E-state index contributed by atoms with van der Waals surface area (Å²) in [5.41, 5.74) is 4.80. The van der Waals surface area contributed by atoms with E-state index in [2.05, 4.69) is 21.4 Å². The number of azo groups is 1. The highest BCUT2D eigenvalue weighted by molar-refractivity contribution is 5.51. The Balaban J connectivity index is 1.96. The SMILES string of the molecule is Cc1nn(-c2ccc(C#N)cc2)c(C)c1N=Nc1ccccc1. The summed E-state index contributed by atoms with van der Waals surface area (Å²) < 4.78 is 1.82. The topological polar surface area (TPSA) is 66.3 Å². The van der Waals surface area contributed by atoms with Crippen LogP contribution in [0.3, 0.4) is 0 Å². The van der Waals surface area contributed by atoms with Crippen molar-refractivity contribution < 1.29 is 0 Å². The molecule has 0 saturated carbocycles. The first-order valence-corrected chi connectivity index (χ1v) is 7.22. The lowest BCUT2D eigenvalue weighted by Crippen LogP contribution is -1.98. The molecule has 0 radical (unpaired) electrons. The molecule has 5 nitrogen and oxygen atoms in total. The van der Waals surface area contributed by atoms with Gasteiger partial charge in [0.2, 0.25) is 0 Å². The smallest absolute Gasteiger partial charge is 0.130 e. The minimum Gasteiger partial charge on any atom is -0.236 e. The molecule has 0 aliphatic heterocycles. The van der Waals surface area contributed by atoms with E-state index in [4.69, 9.17) is 5.26 Å². The van der Waals surface area contributed by atoms with Crippen molar-refractivity contribution in [2.24, 2.45) is 10.2 Å². The van der Waals surface area contributed by atoms with Gasteiger partial charge in [0.05, 0.1) is 34.4 Å². The molecule has 0 saturated heterocycles. The van der Waals surface area contributed by atoms with Crippen LogP contribution in [-0.4, -0.2) is 9.78 Å². The Hall–Kier alpha value is -3.26. The average molecular weight is 301 g/mol. The Morgan fingerprint density at radius 1 is 0.957 bits per heavy atom. The Bertz CT molecular complexity index is 884. The van der Waals surface area contributed by atoms with Crippen molar-refractivity contribution in [3.8, 4) is 11.8 Å². The number of rotatable bonds is 3. The van der Waals surface area contributed by atoms with Crippen LogP contribution in [0.25, 0.3) is 5.69 Å². The normalized spacial score (nSPS) is 10.8. The van der Waals surface area contributed by atoms with E-state index in [1.165, 1.54) is 0 Å². The highest BCUT2D eigenvalue weighted by Gasteiger charge is 2.12. The van der Waals surface area contributed by atoms with Crippen molar-refractivity contribution in [1.82, 2.24) is 9.78 Å². The van der Waals surface area contributed by atoms with E-state index in [-0.39, 0.29) is 0 Å². The van der Waals surface area contributed by atoms with Crippen LogP contribution >= 0.6 is 0 Å². The van der Waals surface area contributed by atoms with Gasteiger partial charge in [-0.05, 0) is 50.2 Å². The van der Waals surface area contributed by atoms with Crippen molar-refractivity contribution in [3.63, 3.8) is 0 Å². The summed E-state index contributed by atoms with van der Waals surface area (Å²) in [5.74, 6) is 0. The zero-order valence-corrected chi connectivity index (χ0v) is 12.9. The molecular weight excluding hydrogens is 286 g/mol. The summed E-state index contributed by atoms with van der Waals surface area (Å²) in [4.78, 5) is 0. The molecule has 0 amide bonds. The molecule has 0 spiro atoms. The fourth-order valence-corrected chi connectivity index (χ4v) is 2.31. The molecule has 0 unspecified atom stereocenters. The fraction of sp³-hybridized carbons (Fsp3) is 0.111. The van der Waals surface area contributed by atoms with E-state index in [0.29, 0.717) is 5.56 Å². The number of hydrogen-bond acceptors (Lipinski definition) is 4. The number of nitrogens with zero attached hydrogens (tertiary/aromatic N) is 5. The summed E-state index contributed by atoms with van der Waals surface area (Å²) in [7, 11) is 0. The molecule has 0 aliphatic rings. The molecule has 1 heterocycles. The lowest BCUT2D eigenvalue weighted by molar-refractivity contribution is 0.833. The first kappa shape index (κ1) is 14.7. The van der Waals surface area contributed by atoms with Crippen molar-refractivity contribution >= 4 is 11.4 Å². The van der Waals surface area contributed by atoms with E-state index in [1.54, 1.807) is 12.1 Å². The summed E-state index contributed by atoms with van der Waals surface area (Å²) in [6.45, 7) is 3.87. The molecule has 112 valence electrons. The molecule has 0 N–H and O–H groups in total. The average Bonchev–Trinajstić information content (AvgIpc) is 2.88. The molecule has 0 aliphatic carbocycles. The maximum Gasteiger partial charge on any atom is 0.130 e. The van der Waals surface area contributed by atoms with Crippen LogP contribution in [0.1, 0.15) is 17.0 Å². The predicted octanol–water partition coefficient (Wildman–Crippen LogP) is 4.78. The monoisotopic (exact) mass is 301 g/mol. The van der Waals surface area contributed by atoms with Crippen LogP contribution < -0.4 is 0 Å². The molecule has 3 rings (SSSR count). The van der Waals surface area contributed by atoms with Crippen molar-refractivity contribution in [3.05, 3.63) is 71.5 Å². The highest BCUT2D eigenvalue weighted by Crippen LogP contribution is 2.27. The number of benzene rings is 2. The number of hydrogen-bond donors (Lipinski definition) is 0. The van der Waals surface area contributed by atoms with E-state index in [9.17, 15) is 0 Å². The van der Waals surface area contributed by atoms with Gasteiger partial charge in [0.25, 0.3) is 0 Å². The number of aryl methyl sites for hydroxylation is 1. The molecule has 3 aromatic rings. The van der Waals surface area contributed by atoms with Gasteiger partial charge in [-0.15, -0.1) is 5.11 Å². The van der Waals surface area contributed by atoms with Crippen LogP contribution in [0, 0.1) is 25.2 Å². The van der Waals surface area contributed by atoms with E-state index >= 15 is 0 Å². The van der Waals surface area contributed by atoms with Gasteiger partial charge < -0.3 is 0 Å². The summed E-state index contributed by atoms with van der Waals surface area (Å²) in [5, 5.41) is 22.0. The van der Waals surface area contributed by atoms with Gasteiger partial charge in [0.15, 0.2) is 0 Å². The highest BCUT2D eigenvalue weighted by atomic mass is 15.3.